The Morgan fingerprint density at radius 1 is 0.971 bits per heavy atom. The number of oxazole rings is 1. The Morgan fingerprint density at radius 3 is 2.56 bits per heavy atom. The Balaban J connectivity index is 1.48. The zero-order valence-corrected chi connectivity index (χ0v) is 20.6. The average molecular weight is 473 g/mol. The van der Waals surface area contributed by atoms with Crippen LogP contribution in [0, 0.1) is 34.6 Å². The number of benzene rings is 2. The Morgan fingerprint density at radius 2 is 1.76 bits per heavy atom. The number of ether oxygens (including phenoxy) is 1. The fourth-order valence-corrected chi connectivity index (χ4v) is 4.32. The van der Waals surface area contributed by atoms with Gasteiger partial charge in [0.25, 0.3) is 0 Å². The topological polar surface area (TPSA) is 66.0 Å². The van der Waals surface area contributed by atoms with Gasteiger partial charge in [-0.2, -0.15) is 10.1 Å². The van der Waals surface area contributed by atoms with Gasteiger partial charge in [-0.25, -0.2) is 9.67 Å². The van der Waals surface area contributed by atoms with Crippen LogP contribution in [0.15, 0.2) is 52.9 Å². The highest BCUT2D eigenvalue weighted by Crippen LogP contribution is 2.30. The number of nitrogens with zero attached hydrogens (tertiary/aromatic N) is 4. The summed E-state index contributed by atoms with van der Waals surface area (Å²) in [7, 11) is 0. The normalized spacial score (nSPS) is 11.4. The molecule has 0 spiro atoms. The average Bonchev–Trinajstić information content (AvgIpc) is 3.34. The summed E-state index contributed by atoms with van der Waals surface area (Å²) in [6.07, 6.45) is 0. The minimum atomic E-state index is 0.252. The molecule has 5 aromatic rings. The van der Waals surface area contributed by atoms with Crippen molar-refractivity contribution in [1.82, 2.24) is 19.7 Å². The number of aryl methyl sites for hydroxylation is 4. The van der Waals surface area contributed by atoms with Crippen LogP contribution in [0.5, 0.6) is 5.88 Å². The molecule has 0 saturated carbocycles. The van der Waals surface area contributed by atoms with Crippen LogP contribution in [0.1, 0.15) is 33.8 Å². The van der Waals surface area contributed by atoms with Gasteiger partial charge in [-0.15, -0.1) is 0 Å². The number of aromatic nitrogens is 4. The highest BCUT2D eigenvalue weighted by Gasteiger charge is 2.18. The second-order valence-corrected chi connectivity index (χ2v) is 8.94. The van der Waals surface area contributed by atoms with Crippen molar-refractivity contribution in [2.45, 2.75) is 41.2 Å². The standard InChI is InChI=1S/C27H25ClN4O2/c1-15-8-6-9-20(12-15)27-29-22(19(5)34-27)14-33-24-13-16(2)25-18(4)31-32(26(25)30-24)23-11-7-10-21(28)17(23)3/h6-13H,14H2,1-5H3. The van der Waals surface area contributed by atoms with Crippen molar-refractivity contribution in [1.29, 1.82) is 0 Å². The number of pyridine rings is 1. The second-order valence-electron chi connectivity index (χ2n) is 8.54. The minimum Gasteiger partial charge on any atom is -0.471 e. The minimum absolute atomic E-state index is 0.252. The van der Waals surface area contributed by atoms with E-state index in [1.54, 1.807) is 0 Å². The van der Waals surface area contributed by atoms with Crippen molar-refractivity contribution < 1.29 is 9.15 Å². The largest absolute Gasteiger partial charge is 0.471 e. The summed E-state index contributed by atoms with van der Waals surface area (Å²) in [6.45, 7) is 10.2. The zero-order chi connectivity index (χ0) is 24.0. The molecule has 0 bridgehead atoms. The maximum atomic E-state index is 6.37. The third-order valence-electron chi connectivity index (χ3n) is 5.97. The van der Waals surface area contributed by atoms with Crippen LogP contribution >= 0.6 is 11.6 Å². The van der Waals surface area contributed by atoms with Crippen molar-refractivity contribution >= 4 is 22.6 Å². The van der Waals surface area contributed by atoms with Crippen LogP contribution in [-0.4, -0.2) is 19.7 Å². The molecule has 0 amide bonds. The molecule has 5 rings (SSSR count). The first-order valence-corrected chi connectivity index (χ1v) is 11.5. The van der Waals surface area contributed by atoms with Crippen molar-refractivity contribution in [3.8, 4) is 23.0 Å². The summed E-state index contributed by atoms with van der Waals surface area (Å²) < 4.78 is 13.8. The van der Waals surface area contributed by atoms with Crippen LogP contribution in [0.4, 0.5) is 0 Å². The van der Waals surface area contributed by atoms with Gasteiger partial charge in [0.1, 0.15) is 18.1 Å². The van der Waals surface area contributed by atoms with E-state index in [2.05, 4.69) is 11.1 Å². The van der Waals surface area contributed by atoms with E-state index in [9.17, 15) is 0 Å². The summed E-state index contributed by atoms with van der Waals surface area (Å²) >= 11 is 6.37. The molecule has 0 aliphatic rings. The molecule has 3 aromatic heterocycles. The smallest absolute Gasteiger partial charge is 0.226 e. The summed E-state index contributed by atoms with van der Waals surface area (Å²) in [5.41, 5.74) is 7.36. The van der Waals surface area contributed by atoms with Gasteiger partial charge in [0.15, 0.2) is 5.65 Å². The molecule has 0 saturated heterocycles. The fourth-order valence-electron chi connectivity index (χ4n) is 4.15. The lowest BCUT2D eigenvalue weighted by Crippen LogP contribution is -2.03. The highest BCUT2D eigenvalue weighted by molar-refractivity contribution is 6.31. The Kier molecular flexibility index (Phi) is 5.62. The van der Waals surface area contributed by atoms with E-state index in [1.165, 1.54) is 0 Å². The summed E-state index contributed by atoms with van der Waals surface area (Å²) in [6, 6.07) is 15.8. The third kappa shape index (κ3) is 3.94. The van der Waals surface area contributed by atoms with E-state index in [1.807, 2.05) is 81.8 Å². The van der Waals surface area contributed by atoms with E-state index in [0.717, 1.165) is 56.1 Å². The molecule has 0 radical (unpaired) electrons. The third-order valence-corrected chi connectivity index (χ3v) is 6.38. The van der Waals surface area contributed by atoms with E-state index in [0.29, 0.717) is 16.8 Å². The Bertz CT molecular complexity index is 1530. The maximum absolute atomic E-state index is 6.37. The van der Waals surface area contributed by atoms with E-state index < -0.39 is 0 Å². The van der Waals surface area contributed by atoms with Crippen molar-refractivity contribution in [2.75, 3.05) is 0 Å². The quantitative estimate of drug-likeness (QED) is 0.280. The van der Waals surface area contributed by atoms with Gasteiger partial charge in [0, 0.05) is 22.0 Å². The molecule has 172 valence electrons. The summed E-state index contributed by atoms with van der Waals surface area (Å²) in [5, 5.41) is 6.45. The molecule has 34 heavy (non-hydrogen) atoms. The molecule has 7 heteroatoms. The highest BCUT2D eigenvalue weighted by atomic mass is 35.5. The van der Waals surface area contributed by atoms with Crippen molar-refractivity contribution in [3.05, 3.63) is 87.4 Å². The zero-order valence-electron chi connectivity index (χ0n) is 19.8. The van der Waals surface area contributed by atoms with Crippen LogP contribution in [0.2, 0.25) is 5.02 Å². The maximum Gasteiger partial charge on any atom is 0.226 e. The predicted octanol–water partition coefficient (Wildman–Crippen LogP) is 6.85. The molecule has 0 aliphatic heterocycles. The molecule has 0 aliphatic carbocycles. The van der Waals surface area contributed by atoms with Gasteiger partial charge >= 0.3 is 0 Å². The first kappa shape index (κ1) is 22.2. The predicted molar refractivity (Wildman–Crippen MR) is 134 cm³/mol. The number of halogens is 1. The number of rotatable bonds is 5. The van der Waals surface area contributed by atoms with E-state index in [-0.39, 0.29) is 6.61 Å². The van der Waals surface area contributed by atoms with Gasteiger partial charge in [-0.3, -0.25) is 0 Å². The monoisotopic (exact) mass is 472 g/mol. The Labute approximate surface area is 203 Å². The number of hydrogen-bond acceptors (Lipinski definition) is 5. The van der Waals surface area contributed by atoms with E-state index in [4.69, 9.17) is 30.8 Å². The molecule has 2 aromatic carbocycles. The SMILES string of the molecule is Cc1cccc(-c2nc(COc3cc(C)c4c(C)nn(-c5cccc(Cl)c5C)c4n3)c(C)o2)c1. The van der Waals surface area contributed by atoms with Crippen LogP contribution in [0.25, 0.3) is 28.2 Å². The molecular formula is C27H25ClN4O2. The molecule has 0 N–H and O–H groups in total. The van der Waals surface area contributed by atoms with Gasteiger partial charge in [-0.05, 0) is 70.0 Å². The van der Waals surface area contributed by atoms with Crippen LogP contribution in [0.3, 0.4) is 0 Å². The molecule has 0 unspecified atom stereocenters. The van der Waals surface area contributed by atoms with Gasteiger partial charge in [0.05, 0.1) is 11.4 Å². The molecule has 3 heterocycles. The lowest BCUT2D eigenvalue weighted by molar-refractivity contribution is 0.288. The first-order chi connectivity index (χ1) is 16.3. The summed E-state index contributed by atoms with van der Waals surface area (Å²) in [4.78, 5) is 9.46. The lowest BCUT2D eigenvalue weighted by atomic mass is 10.1. The van der Waals surface area contributed by atoms with Crippen molar-refractivity contribution in [2.24, 2.45) is 0 Å². The fraction of sp³-hybridized carbons (Fsp3) is 0.222. The van der Waals surface area contributed by atoms with Crippen LogP contribution in [-0.2, 0) is 6.61 Å². The molecule has 0 fully saturated rings. The molecule has 6 nitrogen and oxygen atoms in total. The molecular weight excluding hydrogens is 448 g/mol. The van der Waals surface area contributed by atoms with Gasteiger partial charge in [0.2, 0.25) is 11.8 Å². The van der Waals surface area contributed by atoms with Crippen LogP contribution < -0.4 is 4.74 Å². The summed E-state index contributed by atoms with van der Waals surface area (Å²) in [5.74, 6) is 1.82. The number of hydrogen-bond donors (Lipinski definition) is 0. The first-order valence-electron chi connectivity index (χ1n) is 11.1. The molecule has 0 atom stereocenters. The van der Waals surface area contributed by atoms with Crippen molar-refractivity contribution in [3.63, 3.8) is 0 Å². The Hall–Kier alpha value is -3.64. The lowest BCUT2D eigenvalue weighted by Gasteiger charge is -2.10. The second kappa shape index (κ2) is 8.61. The van der Waals surface area contributed by atoms with Gasteiger partial charge in [-0.1, -0.05) is 35.4 Å². The number of fused-ring (bicyclic) bond motifs is 1. The van der Waals surface area contributed by atoms with E-state index >= 15 is 0 Å². The van der Waals surface area contributed by atoms with Gasteiger partial charge < -0.3 is 9.15 Å².